The minimum Gasteiger partial charge on any atom is -0.344 e. The number of pyridine rings is 1. The molecule has 0 aromatic carbocycles. The predicted octanol–water partition coefficient (Wildman–Crippen LogP) is 2.26. The molecule has 0 saturated carbocycles. The lowest BCUT2D eigenvalue weighted by Gasteiger charge is -1.95. The smallest absolute Gasteiger partial charge is 0.138 e. The summed E-state index contributed by atoms with van der Waals surface area (Å²) in [5.74, 6) is 0. The molecule has 0 amide bonds. The van der Waals surface area contributed by atoms with Crippen LogP contribution in [0.1, 0.15) is 5.69 Å². The number of aryl methyl sites for hydroxylation is 1. The summed E-state index contributed by atoms with van der Waals surface area (Å²) in [7, 11) is 0. The van der Waals surface area contributed by atoms with E-state index in [0.717, 1.165) is 28.0 Å². The molecule has 3 heterocycles. The van der Waals surface area contributed by atoms with Crippen molar-refractivity contribution in [3.8, 4) is 11.3 Å². The molecule has 3 aromatic rings. The predicted molar refractivity (Wildman–Crippen MR) is 58.4 cm³/mol. The van der Waals surface area contributed by atoms with E-state index in [-0.39, 0.29) is 0 Å². The second-order valence-corrected chi connectivity index (χ2v) is 3.57. The fraction of sp³-hybridized carbons (Fsp3) is 0.0909. The molecular formula is C11H10N4. The van der Waals surface area contributed by atoms with Crippen LogP contribution in [0, 0.1) is 6.92 Å². The average molecular weight is 198 g/mol. The second kappa shape index (κ2) is 2.95. The summed E-state index contributed by atoms with van der Waals surface area (Å²) >= 11 is 0. The lowest BCUT2D eigenvalue weighted by molar-refractivity contribution is 1.09. The summed E-state index contributed by atoms with van der Waals surface area (Å²) < 4.78 is 0. The van der Waals surface area contributed by atoms with Crippen LogP contribution in [-0.4, -0.2) is 20.2 Å². The first-order valence-corrected chi connectivity index (χ1v) is 4.78. The average Bonchev–Trinajstić information content (AvgIpc) is 2.82. The fourth-order valence-electron chi connectivity index (χ4n) is 1.69. The number of hydrogen-bond acceptors (Lipinski definition) is 2. The molecule has 4 nitrogen and oxygen atoms in total. The Hall–Kier alpha value is -2.10. The van der Waals surface area contributed by atoms with Crippen molar-refractivity contribution >= 4 is 11.0 Å². The van der Waals surface area contributed by atoms with Crippen molar-refractivity contribution in [1.82, 2.24) is 20.2 Å². The van der Waals surface area contributed by atoms with Crippen molar-refractivity contribution in [3.63, 3.8) is 0 Å². The van der Waals surface area contributed by atoms with Crippen LogP contribution >= 0.6 is 0 Å². The summed E-state index contributed by atoms with van der Waals surface area (Å²) in [5.41, 5.74) is 3.98. The number of H-pyrrole nitrogens is 2. The van der Waals surface area contributed by atoms with E-state index in [4.69, 9.17) is 0 Å². The van der Waals surface area contributed by atoms with Gasteiger partial charge in [0.2, 0.25) is 0 Å². The molecule has 0 fully saturated rings. The third-order valence-electron chi connectivity index (χ3n) is 2.41. The Kier molecular flexibility index (Phi) is 1.62. The van der Waals surface area contributed by atoms with Gasteiger partial charge >= 0.3 is 0 Å². The molecule has 0 bridgehead atoms. The minimum absolute atomic E-state index is 0.922. The van der Waals surface area contributed by atoms with Gasteiger partial charge in [-0.3, -0.25) is 5.10 Å². The number of aromatic nitrogens is 4. The third kappa shape index (κ3) is 1.30. The van der Waals surface area contributed by atoms with Crippen molar-refractivity contribution in [3.05, 3.63) is 36.3 Å². The number of fused-ring (bicyclic) bond motifs is 1. The summed E-state index contributed by atoms with van der Waals surface area (Å²) in [4.78, 5) is 7.74. The molecule has 74 valence electrons. The normalized spacial score (nSPS) is 11.0. The van der Waals surface area contributed by atoms with Crippen LogP contribution in [0.25, 0.3) is 22.3 Å². The first kappa shape index (κ1) is 8.23. The van der Waals surface area contributed by atoms with Gasteiger partial charge < -0.3 is 4.98 Å². The molecule has 0 aliphatic heterocycles. The molecule has 15 heavy (non-hydrogen) atoms. The van der Waals surface area contributed by atoms with Crippen LogP contribution < -0.4 is 0 Å². The highest BCUT2D eigenvalue weighted by atomic mass is 15.1. The molecule has 0 radical (unpaired) electrons. The Morgan fingerprint density at radius 3 is 3.00 bits per heavy atom. The largest absolute Gasteiger partial charge is 0.344 e. The SMILES string of the molecule is Cc1cc2ccc(-c3cn[nH]c3)nc2[nH]1. The number of rotatable bonds is 1. The molecule has 3 aromatic heterocycles. The molecule has 0 saturated heterocycles. The van der Waals surface area contributed by atoms with Crippen molar-refractivity contribution < 1.29 is 0 Å². The molecule has 2 N–H and O–H groups in total. The van der Waals surface area contributed by atoms with Gasteiger partial charge in [0.05, 0.1) is 11.9 Å². The van der Waals surface area contributed by atoms with Gasteiger partial charge in [-0.25, -0.2) is 4.98 Å². The zero-order valence-electron chi connectivity index (χ0n) is 8.28. The number of nitrogens with zero attached hydrogens (tertiary/aromatic N) is 2. The minimum atomic E-state index is 0.922. The Morgan fingerprint density at radius 2 is 2.20 bits per heavy atom. The van der Waals surface area contributed by atoms with Gasteiger partial charge in [0, 0.05) is 22.8 Å². The molecule has 0 aliphatic carbocycles. The van der Waals surface area contributed by atoms with Crippen LogP contribution in [0.15, 0.2) is 30.6 Å². The maximum atomic E-state index is 4.52. The van der Waals surface area contributed by atoms with E-state index < -0.39 is 0 Å². The van der Waals surface area contributed by atoms with E-state index in [9.17, 15) is 0 Å². The van der Waals surface area contributed by atoms with Gasteiger partial charge in [-0.15, -0.1) is 0 Å². The number of nitrogens with one attached hydrogen (secondary N) is 2. The molecule has 3 rings (SSSR count). The third-order valence-corrected chi connectivity index (χ3v) is 2.41. The zero-order chi connectivity index (χ0) is 10.3. The summed E-state index contributed by atoms with van der Waals surface area (Å²) in [6.45, 7) is 2.03. The van der Waals surface area contributed by atoms with Crippen LogP contribution in [-0.2, 0) is 0 Å². The van der Waals surface area contributed by atoms with Gasteiger partial charge in [0.25, 0.3) is 0 Å². The lowest BCUT2D eigenvalue weighted by Crippen LogP contribution is -1.82. The van der Waals surface area contributed by atoms with Crippen LogP contribution in [0.3, 0.4) is 0 Å². The Morgan fingerprint density at radius 1 is 1.27 bits per heavy atom. The Labute approximate surface area is 86.4 Å². The highest BCUT2D eigenvalue weighted by Crippen LogP contribution is 2.19. The van der Waals surface area contributed by atoms with E-state index in [0.29, 0.717) is 0 Å². The monoisotopic (exact) mass is 198 g/mol. The lowest BCUT2D eigenvalue weighted by atomic mass is 10.2. The zero-order valence-corrected chi connectivity index (χ0v) is 8.28. The van der Waals surface area contributed by atoms with E-state index in [1.807, 2.05) is 19.2 Å². The van der Waals surface area contributed by atoms with Gasteiger partial charge in [-0.2, -0.15) is 5.10 Å². The van der Waals surface area contributed by atoms with Crippen LogP contribution in [0.2, 0.25) is 0 Å². The van der Waals surface area contributed by atoms with E-state index in [2.05, 4.69) is 32.3 Å². The summed E-state index contributed by atoms with van der Waals surface area (Å²) in [6.07, 6.45) is 3.61. The van der Waals surface area contributed by atoms with Crippen molar-refractivity contribution in [2.24, 2.45) is 0 Å². The van der Waals surface area contributed by atoms with E-state index >= 15 is 0 Å². The summed E-state index contributed by atoms with van der Waals surface area (Å²) in [6, 6.07) is 6.15. The van der Waals surface area contributed by atoms with Crippen LogP contribution in [0.5, 0.6) is 0 Å². The molecule has 0 spiro atoms. The maximum absolute atomic E-state index is 4.52. The molecule has 0 atom stereocenters. The quantitative estimate of drug-likeness (QED) is 0.630. The number of aromatic amines is 2. The first-order chi connectivity index (χ1) is 7.33. The van der Waals surface area contributed by atoms with E-state index in [1.165, 1.54) is 0 Å². The van der Waals surface area contributed by atoms with Crippen LogP contribution in [0.4, 0.5) is 0 Å². The number of hydrogen-bond donors (Lipinski definition) is 2. The molecule has 4 heteroatoms. The standard InChI is InChI=1S/C11H10N4/c1-7-4-8-2-3-10(15-11(8)14-7)9-5-12-13-6-9/h2-6H,1H3,(H,12,13)(H,14,15). The fourth-order valence-corrected chi connectivity index (χ4v) is 1.69. The van der Waals surface area contributed by atoms with Crippen molar-refractivity contribution in [2.75, 3.05) is 0 Å². The Bertz CT molecular complexity index is 592. The molecule has 0 unspecified atom stereocenters. The van der Waals surface area contributed by atoms with Gasteiger partial charge in [-0.1, -0.05) is 0 Å². The first-order valence-electron chi connectivity index (χ1n) is 4.78. The topological polar surface area (TPSA) is 57.4 Å². The molecule has 0 aliphatic rings. The van der Waals surface area contributed by atoms with Gasteiger partial charge in [-0.05, 0) is 25.1 Å². The molecular weight excluding hydrogens is 188 g/mol. The Balaban J connectivity index is 2.21. The summed E-state index contributed by atoms with van der Waals surface area (Å²) in [5, 5.41) is 7.83. The highest BCUT2D eigenvalue weighted by Gasteiger charge is 2.03. The second-order valence-electron chi connectivity index (χ2n) is 3.57. The van der Waals surface area contributed by atoms with Gasteiger partial charge in [0.15, 0.2) is 0 Å². The van der Waals surface area contributed by atoms with Gasteiger partial charge in [0.1, 0.15) is 5.65 Å². The highest BCUT2D eigenvalue weighted by molar-refractivity contribution is 5.79. The van der Waals surface area contributed by atoms with E-state index in [1.54, 1.807) is 6.20 Å². The van der Waals surface area contributed by atoms with Crippen molar-refractivity contribution in [1.29, 1.82) is 0 Å². The van der Waals surface area contributed by atoms with Crippen molar-refractivity contribution in [2.45, 2.75) is 6.92 Å². The maximum Gasteiger partial charge on any atom is 0.138 e.